The van der Waals surface area contributed by atoms with E-state index in [2.05, 4.69) is 19.9 Å². The van der Waals surface area contributed by atoms with Gasteiger partial charge in [-0.05, 0) is 45.6 Å². The number of anilines is 1. The molecule has 2 atom stereocenters. The molecule has 0 spiro atoms. The third kappa shape index (κ3) is 4.51. The molecule has 3 fully saturated rings. The summed E-state index contributed by atoms with van der Waals surface area (Å²) in [6, 6.07) is 3.30. The first-order chi connectivity index (χ1) is 18.9. The summed E-state index contributed by atoms with van der Waals surface area (Å²) in [6.07, 6.45) is 2.70. The van der Waals surface area contributed by atoms with Crippen molar-refractivity contribution in [2.45, 2.75) is 75.4 Å². The normalized spacial score (nSPS) is 23.4. The molecule has 3 aromatic rings. The molecule has 3 aromatic heterocycles. The molecule has 15 heteroatoms. The quantitative estimate of drug-likeness (QED) is 0.443. The molecule has 212 valence electrons. The van der Waals surface area contributed by atoms with Crippen LogP contribution in [0, 0.1) is 16.7 Å². The van der Waals surface area contributed by atoms with Crippen LogP contribution in [0.15, 0.2) is 23.4 Å². The van der Waals surface area contributed by atoms with E-state index in [4.69, 9.17) is 0 Å². The van der Waals surface area contributed by atoms with Crippen LogP contribution in [0.5, 0.6) is 0 Å². The van der Waals surface area contributed by atoms with Crippen molar-refractivity contribution in [1.29, 1.82) is 5.26 Å². The number of hydrogen-bond donors (Lipinski definition) is 1. The number of carbonyl (C=O) groups excluding carboxylic acids is 1. The monoisotopic (exact) mass is 590 g/mol. The number of fused-ring (bicyclic) bond motifs is 1. The molecule has 2 saturated carbocycles. The van der Waals surface area contributed by atoms with E-state index >= 15 is 0 Å². The van der Waals surface area contributed by atoms with Crippen LogP contribution in [-0.4, -0.2) is 69.5 Å². The van der Waals surface area contributed by atoms with Crippen molar-refractivity contribution >= 4 is 38.5 Å². The predicted octanol–water partition coefficient (Wildman–Crippen LogP) is 3.35. The SMILES string of the molecule is C[C@@H]1CN(c2cc(S(=O)(=O)NC3(C#N)CC3)cn3c(-c4nnc(C(F)F)s4)ncc23)[C@@H](C)CN1C(=O)C1(C)CC1. The van der Waals surface area contributed by atoms with Gasteiger partial charge in [-0.2, -0.15) is 9.98 Å². The van der Waals surface area contributed by atoms with Gasteiger partial charge in [-0.1, -0.05) is 18.3 Å². The lowest BCUT2D eigenvalue weighted by Gasteiger charge is -2.46. The van der Waals surface area contributed by atoms with Gasteiger partial charge in [0.25, 0.3) is 6.43 Å². The smallest absolute Gasteiger partial charge is 0.291 e. The molecular formula is C25H28F2N8O3S2. The number of pyridine rings is 1. The number of rotatable bonds is 7. The summed E-state index contributed by atoms with van der Waals surface area (Å²) in [6.45, 7) is 6.85. The van der Waals surface area contributed by atoms with Gasteiger partial charge in [-0.25, -0.2) is 22.2 Å². The van der Waals surface area contributed by atoms with Gasteiger partial charge >= 0.3 is 0 Å². The van der Waals surface area contributed by atoms with E-state index in [9.17, 15) is 27.3 Å². The number of carbonyl (C=O) groups is 1. The number of alkyl halides is 2. The van der Waals surface area contributed by atoms with Crippen LogP contribution in [0.2, 0.25) is 0 Å². The van der Waals surface area contributed by atoms with Gasteiger partial charge in [0.1, 0.15) is 10.4 Å². The van der Waals surface area contributed by atoms with Crippen LogP contribution in [0.1, 0.15) is 57.9 Å². The standard InChI is InChI=1S/C25H28F2N8O3S2/c1-14-11-34(23(36)24(3)4-5-24)15(2)10-33(14)17-8-16(40(37,38)32-25(13-28)6-7-25)12-35-18(17)9-29-20(35)22-31-30-21(39-22)19(26)27/h8-9,12,14-15,19,32H,4-7,10-11H2,1-3H3/t14-,15+/m0/s1. The first-order valence-corrected chi connectivity index (χ1v) is 15.3. The Morgan fingerprint density at radius 2 is 1.93 bits per heavy atom. The van der Waals surface area contributed by atoms with Crippen LogP contribution in [0.4, 0.5) is 14.5 Å². The Labute approximate surface area is 233 Å². The van der Waals surface area contributed by atoms with Gasteiger partial charge in [0, 0.05) is 36.8 Å². The van der Waals surface area contributed by atoms with E-state index in [1.165, 1.54) is 10.6 Å². The summed E-state index contributed by atoms with van der Waals surface area (Å²) >= 11 is 0.683. The fourth-order valence-electron chi connectivity index (χ4n) is 5.17. The maximum Gasteiger partial charge on any atom is 0.291 e. The molecule has 6 rings (SSSR count). The molecule has 3 aliphatic rings. The topological polar surface area (TPSA) is 137 Å². The molecule has 1 saturated heterocycles. The molecule has 0 aromatic carbocycles. The van der Waals surface area contributed by atoms with Crippen LogP contribution in [0.3, 0.4) is 0 Å². The lowest BCUT2D eigenvalue weighted by molar-refractivity contribution is -0.139. The number of imidazole rings is 1. The summed E-state index contributed by atoms with van der Waals surface area (Å²) in [5.41, 5.74) is -0.325. The molecule has 11 nitrogen and oxygen atoms in total. The van der Waals surface area contributed by atoms with Crippen LogP contribution in [-0.2, 0) is 14.8 Å². The number of amides is 1. The zero-order chi connectivity index (χ0) is 28.6. The molecular weight excluding hydrogens is 562 g/mol. The average Bonchev–Trinajstić information content (AvgIpc) is 3.73. The number of nitrogens with one attached hydrogen (secondary N) is 1. The van der Waals surface area contributed by atoms with E-state index in [1.54, 1.807) is 12.3 Å². The Hall–Kier alpha value is -3.22. The van der Waals surface area contributed by atoms with Gasteiger partial charge in [0.2, 0.25) is 15.9 Å². The van der Waals surface area contributed by atoms with Crippen molar-refractivity contribution in [2.24, 2.45) is 5.41 Å². The van der Waals surface area contributed by atoms with Crippen molar-refractivity contribution in [2.75, 3.05) is 18.0 Å². The average molecular weight is 591 g/mol. The summed E-state index contributed by atoms with van der Waals surface area (Å²) in [7, 11) is -4.14. The van der Waals surface area contributed by atoms with E-state index in [1.807, 2.05) is 36.6 Å². The zero-order valence-corrected chi connectivity index (χ0v) is 23.8. The highest BCUT2D eigenvalue weighted by molar-refractivity contribution is 7.89. The number of nitrogens with zero attached hydrogens (tertiary/aromatic N) is 7. The highest BCUT2D eigenvalue weighted by Gasteiger charge is 2.50. The van der Waals surface area contributed by atoms with Crippen molar-refractivity contribution in [3.63, 3.8) is 0 Å². The minimum absolute atomic E-state index is 0.0989. The summed E-state index contributed by atoms with van der Waals surface area (Å²) in [5.74, 6) is 0.316. The lowest BCUT2D eigenvalue weighted by atomic mass is 10.0. The molecule has 4 heterocycles. The van der Waals surface area contributed by atoms with E-state index < -0.39 is 27.0 Å². The number of sulfonamides is 1. The first-order valence-electron chi connectivity index (χ1n) is 13.0. The molecule has 0 radical (unpaired) electrons. The fraction of sp³-hybridized carbons (Fsp3) is 0.560. The number of piperazine rings is 1. The van der Waals surface area contributed by atoms with Crippen LogP contribution in [0.25, 0.3) is 16.3 Å². The van der Waals surface area contributed by atoms with Crippen molar-refractivity contribution in [3.05, 3.63) is 23.5 Å². The predicted molar refractivity (Wildman–Crippen MR) is 142 cm³/mol. The summed E-state index contributed by atoms with van der Waals surface area (Å²) in [4.78, 5) is 21.4. The van der Waals surface area contributed by atoms with Crippen LogP contribution < -0.4 is 9.62 Å². The Bertz CT molecular complexity index is 1660. The minimum atomic E-state index is -4.14. The second kappa shape index (κ2) is 9.15. The van der Waals surface area contributed by atoms with Gasteiger partial charge in [0.05, 0.1) is 23.5 Å². The Kier molecular flexibility index (Phi) is 6.17. The van der Waals surface area contributed by atoms with Gasteiger partial charge in [-0.15, -0.1) is 10.2 Å². The maximum atomic E-state index is 13.5. The number of nitriles is 1. The molecule has 1 aliphatic heterocycles. The Morgan fingerprint density at radius 1 is 1.20 bits per heavy atom. The zero-order valence-electron chi connectivity index (χ0n) is 22.1. The van der Waals surface area contributed by atoms with Crippen molar-refractivity contribution < 1.29 is 22.0 Å². The second-order valence-electron chi connectivity index (χ2n) is 11.3. The lowest BCUT2D eigenvalue weighted by Crippen LogP contribution is -2.59. The van der Waals surface area contributed by atoms with Crippen molar-refractivity contribution in [3.8, 4) is 16.9 Å². The summed E-state index contributed by atoms with van der Waals surface area (Å²) < 4.78 is 57.5. The third-order valence-electron chi connectivity index (χ3n) is 8.09. The van der Waals surface area contributed by atoms with E-state index in [0.29, 0.717) is 48.5 Å². The molecule has 2 aliphatic carbocycles. The number of aromatic nitrogens is 4. The van der Waals surface area contributed by atoms with E-state index in [0.717, 1.165) is 12.8 Å². The number of halogens is 2. The Balaban J connectivity index is 1.44. The minimum Gasteiger partial charge on any atom is -0.363 e. The highest BCUT2D eigenvalue weighted by Crippen LogP contribution is 2.47. The molecule has 0 unspecified atom stereocenters. The van der Waals surface area contributed by atoms with Crippen molar-refractivity contribution in [1.82, 2.24) is 29.2 Å². The fourth-order valence-corrected chi connectivity index (χ4v) is 7.26. The second-order valence-corrected chi connectivity index (χ2v) is 14.0. The number of hydrogen-bond acceptors (Lipinski definition) is 9. The summed E-state index contributed by atoms with van der Waals surface area (Å²) in [5, 5.41) is 16.6. The van der Waals surface area contributed by atoms with E-state index in [-0.39, 0.29) is 39.1 Å². The molecule has 1 amide bonds. The Morgan fingerprint density at radius 3 is 2.52 bits per heavy atom. The molecule has 0 bridgehead atoms. The maximum absolute atomic E-state index is 13.5. The van der Waals surface area contributed by atoms with Gasteiger partial charge in [0.15, 0.2) is 15.8 Å². The first kappa shape index (κ1) is 27.0. The molecule has 40 heavy (non-hydrogen) atoms. The largest absolute Gasteiger partial charge is 0.363 e. The third-order valence-corrected chi connectivity index (χ3v) is 10.5. The van der Waals surface area contributed by atoms with Gasteiger partial charge < -0.3 is 9.80 Å². The van der Waals surface area contributed by atoms with Crippen LogP contribution >= 0.6 is 11.3 Å². The highest BCUT2D eigenvalue weighted by atomic mass is 32.2. The van der Waals surface area contributed by atoms with Gasteiger partial charge in [-0.3, -0.25) is 9.20 Å². The molecule has 1 N–H and O–H groups in total.